The lowest BCUT2D eigenvalue weighted by molar-refractivity contribution is 0.0473. The SMILES string of the molecule is O=C(OCc1ccccc1)c1ccc2c(c1)c(=O)n(Cc1ccccc1)c1nncn21. The van der Waals surface area contributed by atoms with E-state index in [4.69, 9.17) is 4.74 Å². The van der Waals surface area contributed by atoms with E-state index >= 15 is 0 Å². The summed E-state index contributed by atoms with van der Waals surface area (Å²) in [4.78, 5) is 25.9. The van der Waals surface area contributed by atoms with Crippen molar-refractivity contribution in [1.29, 1.82) is 0 Å². The summed E-state index contributed by atoms with van der Waals surface area (Å²) in [6.07, 6.45) is 1.56. The predicted octanol–water partition coefficient (Wildman–Crippen LogP) is 3.45. The minimum atomic E-state index is -0.483. The third-order valence-corrected chi connectivity index (χ3v) is 5.13. The Balaban J connectivity index is 1.54. The van der Waals surface area contributed by atoms with Crippen molar-refractivity contribution in [2.45, 2.75) is 13.2 Å². The molecule has 0 aliphatic rings. The Morgan fingerprint density at radius 2 is 1.61 bits per heavy atom. The second-order valence-electron chi connectivity index (χ2n) is 7.17. The molecule has 7 nitrogen and oxygen atoms in total. The van der Waals surface area contributed by atoms with Gasteiger partial charge in [-0.3, -0.25) is 13.8 Å². The van der Waals surface area contributed by atoms with Crippen LogP contribution in [0.25, 0.3) is 16.7 Å². The molecule has 0 amide bonds. The van der Waals surface area contributed by atoms with Gasteiger partial charge >= 0.3 is 5.97 Å². The first kappa shape index (κ1) is 18.7. The molecule has 0 radical (unpaired) electrons. The normalized spacial score (nSPS) is 11.1. The van der Waals surface area contributed by atoms with Gasteiger partial charge in [0.15, 0.2) is 0 Å². The molecule has 2 heterocycles. The van der Waals surface area contributed by atoms with Gasteiger partial charge in [0.05, 0.1) is 23.0 Å². The fourth-order valence-electron chi connectivity index (χ4n) is 3.58. The number of ether oxygens (including phenoxy) is 1. The fraction of sp³-hybridized carbons (Fsp3) is 0.0833. The molecule has 0 spiro atoms. The summed E-state index contributed by atoms with van der Waals surface area (Å²) in [5.41, 5.74) is 2.57. The van der Waals surface area contributed by atoms with Gasteiger partial charge in [-0.1, -0.05) is 60.7 Å². The van der Waals surface area contributed by atoms with Crippen LogP contribution in [0.5, 0.6) is 0 Å². The summed E-state index contributed by atoms with van der Waals surface area (Å²) in [6.45, 7) is 0.515. The van der Waals surface area contributed by atoms with Gasteiger partial charge in [-0.25, -0.2) is 4.79 Å². The van der Waals surface area contributed by atoms with E-state index in [-0.39, 0.29) is 12.2 Å². The van der Waals surface area contributed by atoms with Crippen LogP contribution in [0.15, 0.2) is 90.0 Å². The predicted molar refractivity (Wildman–Crippen MR) is 116 cm³/mol. The summed E-state index contributed by atoms with van der Waals surface area (Å²) >= 11 is 0. The highest BCUT2D eigenvalue weighted by Gasteiger charge is 2.16. The van der Waals surface area contributed by atoms with Crippen molar-refractivity contribution in [2.24, 2.45) is 0 Å². The second kappa shape index (κ2) is 7.87. The van der Waals surface area contributed by atoms with Crippen molar-refractivity contribution >= 4 is 22.6 Å². The molecule has 0 saturated carbocycles. The van der Waals surface area contributed by atoms with Crippen LogP contribution in [0.3, 0.4) is 0 Å². The molecule has 0 unspecified atom stereocenters. The first-order valence-corrected chi connectivity index (χ1v) is 9.82. The highest BCUT2D eigenvalue weighted by atomic mass is 16.5. The summed E-state index contributed by atoms with van der Waals surface area (Å²) in [6, 6.07) is 24.1. The molecule has 0 saturated heterocycles. The maximum atomic E-state index is 13.3. The lowest BCUT2D eigenvalue weighted by Gasteiger charge is -2.11. The van der Waals surface area contributed by atoms with Gasteiger partial charge in [-0.2, -0.15) is 0 Å². The highest BCUT2D eigenvalue weighted by molar-refractivity contribution is 5.94. The van der Waals surface area contributed by atoms with Gasteiger partial charge < -0.3 is 4.74 Å². The Hall–Kier alpha value is -4.26. The van der Waals surface area contributed by atoms with Gasteiger partial charge in [0.2, 0.25) is 5.78 Å². The molecule has 5 rings (SSSR count). The Morgan fingerprint density at radius 3 is 2.35 bits per heavy atom. The number of benzene rings is 3. The molecule has 0 fully saturated rings. The molecule has 0 aliphatic heterocycles. The average molecular weight is 410 g/mol. The summed E-state index contributed by atoms with van der Waals surface area (Å²) in [5, 5.41) is 8.51. The number of fused-ring (bicyclic) bond motifs is 3. The van der Waals surface area contributed by atoms with E-state index in [2.05, 4.69) is 10.2 Å². The van der Waals surface area contributed by atoms with Gasteiger partial charge in [0, 0.05) is 0 Å². The molecule has 31 heavy (non-hydrogen) atoms. The molecule has 3 aromatic carbocycles. The molecule has 0 N–H and O–H groups in total. The van der Waals surface area contributed by atoms with Crippen molar-refractivity contribution in [3.8, 4) is 0 Å². The number of hydrogen-bond donors (Lipinski definition) is 0. The van der Waals surface area contributed by atoms with Crippen LogP contribution in [-0.4, -0.2) is 25.1 Å². The molecule has 0 bridgehead atoms. The number of esters is 1. The van der Waals surface area contributed by atoms with Crippen molar-refractivity contribution in [1.82, 2.24) is 19.2 Å². The smallest absolute Gasteiger partial charge is 0.338 e. The number of aromatic nitrogens is 4. The molecule has 152 valence electrons. The zero-order chi connectivity index (χ0) is 21.2. The Labute approximate surface area is 177 Å². The van der Waals surface area contributed by atoms with Crippen molar-refractivity contribution in [2.75, 3.05) is 0 Å². The van der Waals surface area contributed by atoms with Crippen LogP contribution in [0.2, 0.25) is 0 Å². The Morgan fingerprint density at radius 1 is 0.903 bits per heavy atom. The number of carbonyl (C=O) groups is 1. The quantitative estimate of drug-likeness (QED) is 0.415. The van der Waals surface area contributed by atoms with Crippen LogP contribution in [0.1, 0.15) is 21.5 Å². The van der Waals surface area contributed by atoms with Crippen molar-refractivity contribution in [3.05, 3.63) is 112 Å². The van der Waals surface area contributed by atoms with Crippen LogP contribution in [0, 0.1) is 0 Å². The van der Waals surface area contributed by atoms with Gasteiger partial charge in [-0.05, 0) is 29.3 Å². The topological polar surface area (TPSA) is 78.5 Å². The van der Waals surface area contributed by atoms with E-state index in [1.165, 1.54) is 0 Å². The van der Waals surface area contributed by atoms with E-state index in [0.717, 1.165) is 11.1 Å². The Kier molecular flexibility index (Phi) is 4.76. The van der Waals surface area contributed by atoms with Crippen molar-refractivity contribution < 1.29 is 9.53 Å². The monoisotopic (exact) mass is 410 g/mol. The van der Waals surface area contributed by atoms with Gasteiger partial charge in [-0.15, -0.1) is 10.2 Å². The molecule has 7 heteroatoms. The minimum absolute atomic E-state index is 0.167. The number of hydrogen-bond acceptors (Lipinski definition) is 5. The fourth-order valence-corrected chi connectivity index (χ4v) is 3.58. The maximum absolute atomic E-state index is 13.3. The van der Waals surface area contributed by atoms with Crippen LogP contribution in [0.4, 0.5) is 0 Å². The summed E-state index contributed by atoms with van der Waals surface area (Å²) in [7, 11) is 0. The third-order valence-electron chi connectivity index (χ3n) is 5.13. The largest absolute Gasteiger partial charge is 0.457 e. The molecule has 5 aromatic rings. The zero-order valence-electron chi connectivity index (χ0n) is 16.5. The Bertz CT molecular complexity index is 1440. The van der Waals surface area contributed by atoms with Gasteiger partial charge in [0.25, 0.3) is 5.56 Å². The summed E-state index contributed by atoms with van der Waals surface area (Å²) < 4.78 is 8.73. The van der Waals surface area contributed by atoms with E-state index < -0.39 is 5.97 Å². The number of carbonyl (C=O) groups excluding carboxylic acids is 1. The van der Waals surface area contributed by atoms with Crippen LogP contribution < -0.4 is 5.56 Å². The lowest BCUT2D eigenvalue weighted by atomic mass is 10.1. The molecule has 2 aromatic heterocycles. The lowest BCUT2D eigenvalue weighted by Crippen LogP contribution is -2.24. The van der Waals surface area contributed by atoms with E-state index in [0.29, 0.717) is 28.8 Å². The standard InChI is InChI=1S/C24H18N4O3/c29-22-20-13-19(23(30)31-15-18-9-5-2-6-10-18)11-12-21(20)28-16-25-26-24(28)27(22)14-17-7-3-1-4-8-17/h1-13,16H,14-15H2. The first-order valence-electron chi connectivity index (χ1n) is 9.82. The molecular formula is C24H18N4O3. The third kappa shape index (κ3) is 3.57. The first-order chi connectivity index (χ1) is 15.2. The summed E-state index contributed by atoms with van der Waals surface area (Å²) in [5.74, 6) is -0.0376. The maximum Gasteiger partial charge on any atom is 0.338 e. The van der Waals surface area contributed by atoms with Crippen LogP contribution >= 0.6 is 0 Å². The molecule has 0 atom stereocenters. The van der Waals surface area contributed by atoms with E-state index in [9.17, 15) is 9.59 Å². The number of nitrogens with zero attached hydrogens (tertiary/aromatic N) is 4. The van der Waals surface area contributed by atoms with E-state index in [1.807, 2.05) is 60.7 Å². The highest BCUT2D eigenvalue weighted by Crippen LogP contribution is 2.17. The van der Waals surface area contributed by atoms with Crippen LogP contribution in [-0.2, 0) is 17.9 Å². The van der Waals surface area contributed by atoms with E-state index in [1.54, 1.807) is 33.5 Å². The minimum Gasteiger partial charge on any atom is -0.457 e. The van der Waals surface area contributed by atoms with Gasteiger partial charge in [0.1, 0.15) is 12.9 Å². The van der Waals surface area contributed by atoms with Crippen molar-refractivity contribution in [3.63, 3.8) is 0 Å². The molecular weight excluding hydrogens is 392 g/mol. The number of rotatable bonds is 5. The zero-order valence-corrected chi connectivity index (χ0v) is 16.5. The average Bonchev–Trinajstić information content (AvgIpc) is 3.31. The second-order valence-corrected chi connectivity index (χ2v) is 7.17. The molecule has 0 aliphatic carbocycles.